The van der Waals surface area contributed by atoms with E-state index in [0.29, 0.717) is 31.7 Å². The zero-order valence-corrected chi connectivity index (χ0v) is 17.2. The molecule has 0 radical (unpaired) electrons. The normalized spacial score (nSPS) is 36.0. The molecule has 2 unspecified atom stereocenters. The molecule has 4 aliphatic rings. The van der Waals surface area contributed by atoms with Crippen molar-refractivity contribution in [1.82, 2.24) is 9.62 Å². The monoisotopic (exact) mass is 407 g/mol. The molecular formula is C21H30N2O4S. The maximum Gasteiger partial charge on any atom is 0.260 e. The highest BCUT2D eigenvalue weighted by atomic mass is 32.2. The van der Waals surface area contributed by atoms with Crippen molar-refractivity contribution in [3.63, 3.8) is 0 Å². The van der Waals surface area contributed by atoms with Crippen LogP contribution in [0.15, 0.2) is 24.3 Å². The van der Waals surface area contributed by atoms with Gasteiger partial charge in [0.25, 0.3) is 5.91 Å². The summed E-state index contributed by atoms with van der Waals surface area (Å²) >= 11 is 0. The first-order chi connectivity index (χ1) is 13.7. The molecule has 0 aromatic heterocycles. The van der Waals surface area contributed by atoms with Crippen molar-refractivity contribution >= 4 is 21.5 Å². The van der Waals surface area contributed by atoms with Gasteiger partial charge in [0.1, 0.15) is 5.75 Å². The van der Waals surface area contributed by atoms with Gasteiger partial charge in [-0.3, -0.25) is 9.00 Å². The van der Waals surface area contributed by atoms with Crippen molar-refractivity contribution in [3.05, 3.63) is 29.8 Å². The molecule has 2 bridgehead atoms. The lowest BCUT2D eigenvalue weighted by atomic mass is 9.82. The van der Waals surface area contributed by atoms with Gasteiger partial charge in [-0.05, 0) is 55.5 Å². The minimum atomic E-state index is -2.42. The van der Waals surface area contributed by atoms with Gasteiger partial charge >= 0.3 is 0 Å². The highest BCUT2D eigenvalue weighted by Crippen LogP contribution is 2.38. The van der Waals surface area contributed by atoms with Gasteiger partial charge in [-0.1, -0.05) is 18.2 Å². The summed E-state index contributed by atoms with van der Waals surface area (Å²) in [6, 6.07) is 7.44. The largest absolute Gasteiger partial charge is 0.483 e. The van der Waals surface area contributed by atoms with Crippen LogP contribution in [0.4, 0.5) is 0 Å². The Labute approximate surface area is 169 Å². The van der Waals surface area contributed by atoms with Crippen LogP contribution in [-0.4, -0.2) is 65.1 Å². The Morgan fingerprint density at radius 3 is 2.75 bits per heavy atom. The van der Waals surface area contributed by atoms with Crippen LogP contribution >= 0.6 is 0 Å². The molecule has 0 spiro atoms. The average molecular weight is 408 g/mol. The Hall–Kier alpha value is -1.57. The van der Waals surface area contributed by atoms with Crippen LogP contribution in [-0.2, 0) is 19.2 Å². The maximum atomic E-state index is 13.0. The molecule has 2 fully saturated rings. The molecule has 28 heavy (non-hydrogen) atoms. The van der Waals surface area contributed by atoms with Crippen molar-refractivity contribution in [3.8, 4) is 5.75 Å². The first-order valence-electron chi connectivity index (χ1n) is 10.5. The summed E-state index contributed by atoms with van der Waals surface area (Å²) in [5, 5.41) is 0. The predicted molar refractivity (Wildman–Crippen MR) is 111 cm³/mol. The van der Waals surface area contributed by atoms with Gasteiger partial charge in [-0.15, -0.1) is 0 Å². The van der Waals surface area contributed by atoms with E-state index < -0.39 is 15.8 Å². The number of para-hydroxylation sites is 1. The van der Waals surface area contributed by atoms with E-state index in [-0.39, 0.29) is 31.2 Å². The van der Waals surface area contributed by atoms with Crippen LogP contribution in [0.25, 0.3) is 0 Å². The number of nitrogens with zero attached hydrogens (tertiary/aromatic N) is 1. The summed E-state index contributed by atoms with van der Waals surface area (Å²) in [7, 11) is -2.42. The molecule has 1 saturated carbocycles. The van der Waals surface area contributed by atoms with E-state index >= 15 is 0 Å². The van der Waals surface area contributed by atoms with Crippen LogP contribution < -0.4 is 9.46 Å². The van der Waals surface area contributed by atoms with E-state index in [0.717, 1.165) is 24.2 Å². The van der Waals surface area contributed by atoms with Crippen LogP contribution in [0.2, 0.25) is 0 Å². The second kappa shape index (κ2) is 8.05. The molecule has 1 amide bonds. The molecule has 1 aromatic carbocycles. The standard InChI is InChI=1S/C21H30N2O4S/c1-28(2,25)22-18-11-12-23-19(18)13-26-16-9-7-15(8-10-16)17-5-3-4-6-20(17)27-14-21(23)24/h3-6,15-16,18-19H,1,7-14H2,2H3,(H,22,25)/t15?,16?,18-,19?,28?/m0/s1/i16D. The third-order valence-corrected chi connectivity index (χ3v) is 6.78. The number of amides is 1. The first-order valence-corrected chi connectivity index (χ1v) is 12.1. The lowest BCUT2D eigenvalue weighted by Gasteiger charge is -2.32. The SMILES string of the molecule is [2H]C12CCC(CC1)c1ccccc1OCC(=O)N1CC[C@H](NS(=C)(C)=O)C1CO2. The Kier molecular flexibility index (Phi) is 5.30. The van der Waals surface area contributed by atoms with Gasteiger partial charge < -0.3 is 14.4 Å². The molecule has 3 heterocycles. The van der Waals surface area contributed by atoms with Gasteiger partial charge in [-0.2, -0.15) is 0 Å². The average Bonchev–Trinajstić information content (AvgIpc) is 3.06. The van der Waals surface area contributed by atoms with E-state index in [9.17, 15) is 9.00 Å². The van der Waals surface area contributed by atoms with Crippen LogP contribution in [0.5, 0.6) is 5.75 Å². The second-order valence-electron chi connectivity index (χ2n) is 8.12. The fourth-order valence-corrected chi connectivity index (χ4v) is 5.51. The van der Waals surface area contributed by atoms with Gasteiger partial charge in [0.2, 0.25) is 0 Å². The summed E-state index contributed by atoms with van der Waals surface area (Å²) in [4.78, 5) is 14.7. The Morgan fingerprint density at radius 2 is 2.00 bits per heavy atom. The number of carbonyl (C=O) groups is 1. The quantitative estimate of drug-likeness (QED) is 0.761. The molecule has 6 nitrogen and oxygen atoms in total. The molecule has 7 heteroatoms. The number of nitrogens with one attached hydrogen (secondary N) is 1. The molecule has 1 saturated heterocycles. The third-order valence-electron chi connectivity index (χ3n) is 5.98. The molecule has 1 aromatic rings. The van der Waals surface area contributed by atoms with Crippen LogP contribution in [0.1, 0.15) is 45.0 Å². The van der Waals surface area contributed by atoms with Crippen LogP contribution in [0.3, 0.4) is 0 Å². The minimum Gasteiger partial charge on any atom is -0.483 e. The predicted octanol–water partition coefficient (Wildman–Crippen LogP) is 1.94. The maximum absolute atomic E-state index is 13.0. The summed E-state index contributed by atoms with van der Waals surface area (Å²) in [6.45, 7) is 0.754. The first kappa shape index (κ1) is 18.5. The van der Waals surface area contributed by atoms with Crippen molar-refractivity contribution in [1.29, 1.82) is 0 Å². The molecule has 1 aliphatic carbocycles. The molecule has 5 rings (SSSR count). The van der Waals surface area contributed by atoms with Crippen molar-refractivity contribution in [2.24, 2.45) is 0 Å². The number of benzene rings is 1. The van der Waals surface area contributed by atoms with Crippen molar-refractivity contribution in [2.45, 2.75) is 56.2 Å². The zero-order valence-electron chi connectivity index (χ0n) is 17.4. The molecule has 3 aliphatic heterocycles. The smallest absolute Gasteiger partial charge is 0.260 e. The lowest BCUT2D eigenvalue weighted by Crippen LogP contribution is -2.50. The van der Waals surface area contributed by atoms with Crippen molar-refractivity contribution in [2.75, 3.05) is 26.0 Å². The topological polar surface area (TPSA) is 67.9 Å². The second-order valence-corrected chi connectivity index (χ2v) is 10.4. The highest BCUT2D eigenvalue weighted by Gasteiger charge is 2.39. The van der Waals surface area contributed by atoms with Gasteiger partial charge in [0.15, 0.2) is 6.61 Å². The Balaban J connectivity index is 1.63. The summed E-state index contributed by atoms with van der Waals surface area (Å²) in [6.07, 6.45) is 4.29. The van der Waals surface area contributed by atoms with Crippen molar-refractivity contribution < 1.29 is 19.8 Å². The van der Waals surface area contributed by atoms with Gasteiger partial charge in [-0.25, -0.2) is 4.72 Å². The fourth-order valence-electron chi connectivity index (χ4n) is 4.60. The lowest BCUT2D eigenvalue weighted by molar-refractivity contribution is -0.136. The number of fused-ring (bicyclic) bond motifs is 5. The third kappa shape index (κ3) is 4.36. The highest BCUT2D eigenvalue weighted by molar-refractivity contribution is 7.97. The number of rotatable bonds is 2. The van der Waals surface area contributed by atoms with Crippen LogP contribution in [0, 0.1) is 0 Å². The summed E-state index contributed by atoms with van der Waals surface area (Å²) < 4.78 is 36.1. The van der Waals surface area contributed by atoms with E-state index in [2.05, 4.69) is 16.7 Å². The van der Waals surface area contributed by atoms with Gasteiger partial charge in [0.05, 0.1) is 20.1 Å². The van der Waals surface area contributed by atoms with E-state index in [1.165, 1.54) is 0 Å². The number of hydrogen-bond acceptors (Lipinski definition) is 4. The Bertz CT molecular complexity index is 867. The molecule has 154 valence electrons. The fraction of sp³-hybridized carbons (Fsp3) is 0.619. The van der Waals surface area contributed by atoms with E-state index in [1.807, 2.05) is 18.2 Å². The molecular weight excluding hydrogens is 376 g/mol. The Morgan fingerprint density at radius 1 is 1.25 bits per heavy atom. The van der Waals surface area contributed by atoms with E-state index in [4.69, 9.17) is 10.8 Å². The molecule has 3 atom stereocenters. The minimum absolute atomic E-state index is 0.0369. The summed E-state index contributed by atoms with van der Waals surface area (Å²) in [5.41, 5.74) is 1.11. The number of hydrogen-bond donors (Lipinski definition) is 1. The zero-order chi connectivity index (χ0) is 20.6. The van der Waals surface area contributed by atoms with Gasteiger partial charge in [0, 0.05) is 28.6 Å². The number of ether oxygens (including phenoxy) is 2. The number of carbonyl (C=O) groups excluding carboxylic acids is 1. The molecule has 1 N–H and O–H groups in total. The van der Waals surface area contributed by atoms with E-state index in [1.54, 1.807) is 11.2 Å². The summed E-state index contributed by atoms with van der Waals surface area (Å²) in [5.74, 6) is 4.64.